The molecule has 27 heavy (non-hydrogen) atoms. The van der Waals surface area contributed by atoms with Crippen molar-refractivity contribution in [2.45, 2.75) is 18.0 Å². The topological polar surface area (TPSA) is 56.3 Å². The Morgan fingerprint density at radius 2 is 1.59 bits per heavy atom. The Bertz CT molecular complexity index is 870. The molecular weight excluding hydrogens is 382 g/mol. The highest BCUT2D eigenvalue weighted by Crippen LogP contribution is 2.49. The first kappa shape index (κ1) is 18.8. The van der Waals surface area contributed by atoms with Gasteiger partial charge in [0.05, 0.1) is 13.4 Å². The van der Waals surface area contributed by atoms with E-state index in [1.807, 2.05) is 0 Å². The van der Waals surface area contributed by atoms with Gasteiger partial charge in [-0.05, 0) is 30.3 Å². The second-order valence-electron chi connectivity index (χ2n) is 5.31. The molecule has 144 valence electrons. The van der Waals surface area contributed by atoms with Crippen LogP contribution in [0, 0.1) is 0 Å². The van der Waals surface area contributed by atoms with Crippen LogP contribution in [0.25, 0.3) is 0 Å². The van der Waals surface area contributed by atoms with Crippen molar-refractivity contribution in [3.63, 3.8) is 0 Å². The summed E-state index contributed by atoms with van der Waals surface area (Å²) < 4.78 is 95.9. The van der Waals surface area contributed by atoms with Gasteiger partial charge in [-0.3, -0.25) is 0 Å². The zero-order valence-corrected chi connectivity index (χ0v) is 13.4. The Kier molecular flexibility index (Phi) is 4.40. The van der Waals surface area contributed by atoms with E-state index in [0.29, 0.717) is 0 Å². The summed E-state index contributed by atoms with van der Waals surface area (Å²) in [5.74, 6) is -2.15. The quantitative estimate of drug-likeness (QED) is 0.731. The molecule has 0 spiro atoms. The summed E-state index contributed by atoms with van der Waals surface area (Å²) in [6.07, 6.45) is -10.7. The molecule has 0 bridgehead atoms. The van der Waals surface area contributed by atoms with E-state index in [4.69, 9.17) is 13.9 Å². The fraction of sp³-hybridized carbons (Fsp3) is 0.250. The minimum Gasteiger partial charge on any atom is -0.497 e. The molecule has 0 amide bonds. The summed E-state index contributed by atoms with van der Waals surface area (Å²) in [6, 6.07) is 7.60. The van der Waals surface area contributed by atoms with Crippen LogP contribution in [0.1, 0.15) is 11.3 Å². The molecule has 2 aromatic rings. The molecule has 1 aliphatic heterocycles. The van der Waals surface area contributed by atoms with Gasteiger partial charge in [-0.25, -0.2) is 4.99 Å². The van der Waals surface area contributed by atoms with Crippen LogP contribution in [0.4, 0.5) is 26.3 Å². The van der Waals surface area contributed by atoms with Crippen LogP contribution in [0.2, 0.25) is 0 Å². The molecule has 1 aromatic heterocycles. The zero-order valence-electron chi connectivity index (χ0n) is 13.4. The summed E-state index contributed by atoms with van der Waals surface area (Å²) in [5, 5.41) is 0. The third-order valence-corrected chi connectivity index (χ3v) is 3.56. The molecule has 11 heteroatoms. The molecule has 1 aromatic carbocycles. The summed E-state index contributed by atoms with van der Waals surface area (Å²) in [6.45, 7) is 0. The average molecular weight is 392 g/mol. The number of hydrogen-bond donors (Lipinski definition) is 0. The first-order valence-electron chi connectivity index (χ1n) is 7.27. The van der Waals surface area contributed by atoms with Gasteiger partial charge in [0.1, 0.15) is 5.75 Å². The van der Waals surface area contributed by atoms with Gasteiger partial charge in [-0.15, -0.1) is 0 Å². The third-order valence-electron chi connectivity index (χ3n) is 3.56. The number of methoxy groups -OCH3 is 1. The molecule has 0 aliphatic carbocycles. The maximum Gasteiger partial charge on any atom is 0.443 e. The number of furan rings is 1. The fourth-order valence-corrected chi connectivity index (χ4v) is 2.26. The van der Waals surface area contributed by atoms with Gasteiger partial charge in [0, 0.05) is 5.56 Å². The van der Waals surface area contributed by atoms with E-state index in [1.54, 1.807) is 0 Å². The van der Waals surface area contributed by atoms with Crippen LogP contribution in [-0.4, -0.2) is 36.9 Å². The lowest BCUT2D eigenvalue weighted by Gasteiger charge is -2.33. The number of rotatable bonds is 3. The van der Waals surface area contributed by atoms with E-state index in [-0.39, 0.29) is 11.3 Å². The largest absolute Gasteiger partial charge is 0.497 e. The van der Waals surface area contributed by atoms with Crippen molar-refractivity contribution in [3.05, 3.63) is 54.0 Å². The van der Waals surface area contributed by atoms with E-state index in [9.17, 15) is 26.3 Å². The molecule has 0 unspecified atom stereocenters. The number of halogens is 6. The summed E-state index contributed by atoms with van der Waals surface area (Å²) in [7, 11) is 1.29. The normalized spacial score (nSPS) is 17.0. The maximum atomic E-state index is 13.5. The molecule has 0 saturated heterocycles. The highest BCUT2D eigenvalue weighted by atomic mass is 19.4. The predicted octanol–water partition coefficient (Wildman–Crippen LogP) is 4.33. The van der Waals surface area contributed by atoms with Gasteiger partial charge in [0.2, 0.25) is 5.90 Å². The maximum absolute atomic E-state index is 13.5. The first-order chi connectivity index (χ1) is 12.6. The number of benzene rings is 1. The van der Waals surface area contributed by atoms with E-state index >= 15 is 0 Å². The Morgan fingerprint density at radius 3 is 2.15 bits per heavy atom. The number of alkyl halides is 6. The van der Waals surface area contributed by atoms with Crippen molar-refractivity contribution in [2.24, 2.45) is 9.98 Å². The van der Waals surface area contributed by atoms with Gasteiger partial charge in [0.15, 0.2) is 5.76 Å². The van der Waals surface area contributed by atoms with E-state index in [2.05, 4.69) is 9.98 Å². The van der Waals surface area contributed by atoms with Gasteiger partial charge in [-0.1, -0.05) is 6.07 Å². The lowest BCUT2D eigenvalue weighted by molar-refractivity contribution is -0.293. The van der Waals surface area contributed by atoms with Crippen LogP contribution < -0.4 is 4.74 Å². The Balaban J connectivity index is 2.24. The molecule has 0 fully saturated rings. The van der Waals surface area contributed by atoms with Crippen molar-refractivity contribution in [1.29, 1.82) is 0 Å². The summed E-state index contributed by atoms with van der Waals surface area (Å²) >= 11 is 0. The first-order valence-corrected chi connectivity index (χ1v) is 7.27. The van der Waals surface area contributed by atoms with Crippen LogP contribution in [0.15, 0.2) is 57.1 Å². The lowest BCUT2D eigenvalue weighted by Crippen LogP contribution is -2.56. The predicted molar refractivity (Wildman–Crippen MR) is 80.7 cm³/mol. The highest BCUT2D eigenvalue weighted by molar-refractivity contribution is 6.07. The van der Waals surface area contributed by atoms with Crippen LogP contribution in [0.5, 0.6) is 5.75 Å². The van der Waals surface area contributed by atoms with Crippen molar-refractivity contribution < 1.29 is 40.2 Å². The van der Waals surface area contributed by atoms with Crippen molar-refractivity contribution in [1.82, 2.24) is 0 Å². The summed E-state index contributed by atoms with van der Waals surface area (Å²) in [4.78, 5) is 5.57. The molecular formula is C16H10F6N2O3. The van der Waals surface area contributed by atoms with Crippen molar-refractivity contribution in [3.8, 4) is 5.75 Å². The van der Waals surface area contributed by atoms with Crippen LogP contribution in [0.3, 0.4) is 0 Å². The van der Waals surface area contributed by atoms with Gasteiger partial charge < -0.3 is 13.9 Å². The lowest BCUT2D eigenvalue weighted by atomic mass is 10.1. The van der Waals surface area contributed by atoms with E-state index in [1.165, 1.54) is 37.4 Å². The zero-order chi connectivity index (χ0) is 19.9. The third kappa shape index (κ3) is 3.24. The Morgan fingerprint density at radius 1 is 0.926 bits per heavy atom. The molecule has 0 N–H and O–H groups in total. The number of aliphatic imine (C=N–C) groups is 2. The van der Waals surface area contributed by atoms with Gasteiger partial charge in [0.25, 0.3) is 5.90 Å². The summed E-state index contributed by atoms with van der Waals surface area (Å²) in [5.41, 5.74) is -4.90. The molecule has 0 saturated carbocycles. The molecule has 3 rings (SSSR count). The fourth-order valence-electron chi connectivity index (χ4n) is 2.26. The number of hydrogen-bond acceptors (Lipinski definition) is 5. The number of nitrogens with zero attached hydrogens (tertiary/aromatic N) is 2. The average Bonchev–Trinajstić information content (AvgIpc) is 3.14. The smallest absolute Gasteiger partial charge is 0.443 e. The highest BCUT2D eigenvalue weighted by Gasteiger charge is 2.74. The molecule has 5 nitrogen and oxygen atoms in total. The Labute approximate surface area is 147 Å². The minimum absolute atomic E-state index is 0.161. The monoisotopic (exact) mass is 392 g/mol. The second kappa shape index (κ2) is 6.32. The minimum atomic E-state index is -5.88. The van der Waals surface area contributed by atoms with Crippen LogP contribution >= 0.6 is 0 Å². The van der Waals surface area contributed by atoms with E-state index in [0.717, 1.165) is 12.3 Å². The number of ether oxygens (including phenoxy) is 2. The van der Waals surface area contributed by atoms with Crippen LogP contribution in [-0.2, 0) is 4.74 Å². The van der Waals surface area contributed by atoms with Crippen molar-refractivity contribution in [2.75, 3.05) is 7.11 Å². The standard InChI is InChI=1S/C16H10F6N2O3/c1-25-10-5-2-4-9(8-10)12-23-14(15(17,18)19,16(20,21)22)24-13(27-12)11-6-3-7-26-11/h2-8H,1H3. The molecule has 0 atom stereocenters. The van der Waals surface area contributed by atoms with Crippen molar-refractivity contribution >= 4 is 11.8 Å². The van der Waals surface area contributed by atoms with Gasteiger partial charge >= 0.3 is 18.0 Å². The van der Waals surface area contributed by atoms with E-state index < -0.39 is 35.6 Å². The molecule has 1 aliphatic rings. The molecule has 0 radical (unpaired) electrons. The molecule has 2 heterocycles. The Hall–Kier alpha value is -2.98. The van der Waals surface area contributed by atoms with Gasteiger partial charge in [-0.2, -0.15) is 31.3 Å². The SMILES string of the molecule is COc1cccc(C2=NC(C(F)(F)F)(C(F)(F)F)N=C(c3ccco3)O2)c1. The second-order valence-corrected chi connectivity index (χ2v) is 5.31.